The molecule has 0 saturated heterocycles. The molecular formula is C17H28IN5OS. The summed E-state index contributed by atoms with van der Waals surface area (Å²) in [7, 11) is 1.78. The van der Waals surface area contributed by atoms with Crippen molar-refractivity contribution in [3.63, 3.8) is 0 Å². The van der Waals surface area contributed by atoms with Crippen molar-refractivity contribution < 1.29 is 4.52 Å². The lowest BCUT2D eigenvalue weighted by atomic mass is 10.1. The van der Waals surface area contributed by atoms with E-state index in [9.17, 15) is 0 Å². The zero-order chi connectivity index (χ0) is 17.5. The fraction of sp³-hybridized carbons (Fsp3) is 0.588. The Morgan fingerprint density at radius 1 is 1.32 bits per heavy atom. The summed E-state index contributed by atoms with van der Waals surface area (Å²) in [6.07, 6.45) is 1.95. The number of rotatable bonds is 7. The Kier molecular flexibility index (Phi) is 9.41. The molecule has 25 heavy (non-hydrogen) atoms. The van der Waals surface area contributed by atoms with Crippen LogP contribution in [0.5, 0.6) is 0 Å². The predicted molar refractivity (Wildman–Crippen MR) is 114 cm³/mol. The number of nitrogens with zero attached hydrogens (tertiary/aromatic N) is 3. The molecule has 0 saturated carbocycles. The molecule has 0 unspecified atom stereocenters. The monoisotopic (exact) mass is 477 g/mol. The molecule has 6 nitrogen and oxygen atoms in total. The maximum atomic E-state index is 5.19. The Hall–Kier alpha value is -1.16. The van der Waals surface area contributed by atoms with Crippen molar-refractivity contribution in [1.29, 1.82) is 0 Å². The lowest BCUT2D eigenvalue weighted by Crippen LogP contribution is -2.37. The number of halogens is 1. The fourth-order valence-corrected chi connectivity index (χ4v) is 3.28. The van der Waals surface area contributed by atoms with Gasteiger partial charge in [0.25, 0.3) is 0 Å². The molecule has 0 amide bonds. The molecular weight excluding hydrogens is 449 g/mol. The molecule has 2 aromatic heterocycles. The van der Waals surface area contributed by atoms with Crippen LogP contribution < -0.4 is 10.6 Å². The Morgan fingerprint density at radius 3 is 2.64 bits per heavy atom. The van der Waals surface area contributed by atoms with Crippen molar-refractivity contribution in [1.82, 2.24) is 20.8 Å². The van der Waals surface area contributed by atoms with E-state index in [4.69, 9.17) is 4.52 Å². The lowest BCUT2D eigenvalue weighted by Gasteiger charge is -2.10. The maximum absolute atomic E-state index is 5.19. The van der Waals surface area contributed by atoms with Gasteiger partial charge in [-0.15, -0.1) is 35.3 Å². The molecule has 140 valence electrons. The van der Waals surface area contributed by atoms with Crippen LogP contribution in [0.15, 0.2) is 14.9 Å². The van der Waals surface area contributed by atoms with Crippen LogP contribution in [0.25, 0.3) is 0 Å². The third-order valence-electron chi connectivity index (χ3n) is 3.87. The van der Waals surface area contributed by atoms with Crippen molar-refractivity contribution in [3.8, 4) is 0 Å². The molecule has 0 aliphatic carbocycles. The molecule has 0 spiro atoms. The second-order valence-corrected chi connectivity index (χ2v) is 7.02. The summed E-state index contributed by atoms with van der Waals surface area (Å²) in [5.74, 6) is 2.19. The highest BCUT2D eigenvalue weighted by atomic mass is 127. The molecule has 2 heterocycles. The minimum absolute atomic E-state index is 0. The number of hydrogen-bond donors (Lipinski definition) is 2. The highest BCUT2D eigenvalue weighted by molar-refractivity contribution is 14.0. The summed E-state index contributed by atoms with van der Waals surface area (Å²) in [5, 5.41) is 13.8. The van der Waals surface area contributed by atoms with Crippen molar-refractivity contribution >= 4 is 41.3 Å². The third-order valence-corrected chi connectivity index (χ3v) is 4.74. The van der Waals surface area contributed by atoms with Gasteiger partial charge in [-0.3, -0.25) is 4.99 Å². The first-order valence-electron chi connectivity index (χ1n) is 8.31. The van der Waals surface area contributed by atoms with Gasteiger partial charge in [-0.05, 0) is 32.6 Å². The molecule has 8 heteroatoms. The molecule has 0 bridgehead atoms. The number of aromatic nitrogens is 2. The van der Waals surface area contributed by atoms with Gasteiger partial charge in [0, 0.05) is 24.5 Å². The van der Waals surface area contributed by atoms with E-state index < -0.39 is 0 Å². The van der Waals surface area contributed by atoms with Gasteiger partial charge in [0.15, 0.2) is 5.96 Å². The lowest BCUT2D eigenvalue weighted by molar-refractivity contribution is 0.392. The van der Waals surface area contributed by atoms with E-state index >= 15 is 0 Å². The van der Waals surface area contributed by atoms with Crippen LogP contribution in [-0.4, -0.2) is 29.7 Å². The minimum atomic E-state index is 0. The SMILES string of the molecule is CN=C(NCCCc1c(C)noc1C)NCc1nc(C(C)C)cs1.I. The largest absolute Gasteiger partial charge is 0.361 e. The first-order chi connectivity index (χ1) is 11.5. The second kappa shape index (κ2) is 10.7. The maximum Gasteiger partial charge on any atom is 0.191 e. The van der Waals surface area contributed by atoms with E-state index in [2.05, 4.69) is 45.0 Å². The zero-order valence-corrected chi connectivity index (χ0v) is 18.7. The molecule has 2 N–H and O–H groups in total. The molecule has 2 aromatic rings. The summed E-state index contributed by atoms with van der Waals surface area (Å²) in [6.45, 7) is 9.80. The molecule has 0 fully saturated rings. The van der Waals surface area contributed by atoms with Crippen LogP contribution in [0, 0.1) is 13.8 Å². The molecule has 2 rings (SSSR count). The number of thiazole rings is 1. The van der Waals surface area contributed by atoms with Crippen LogP contribution in [0.3, 0.4) is 0 Å². The molecule has 0 aliphatic heterocycles. The number of hydrogen-bond acceptors (Lipinski definition) is 5. The fourth-order valence-electron chi connectivity index (χ4n) is 2.38. The summed E-state index contributed by atoms with van der Waals surface area (Å²) in [5.41, 5.74) is 3.35. The Labute approximate surface area is 170 Å². The van der Waals surface area contributed by atoms with Crippen LogP contribution in [0.2, 0.25) is 0 Å². The van der Waals surface area contributed by atoms with E-state index in [0.29, 0.717) is 12.5 Å². The number of nitrogens with one attached hydrogen (secondary N) is 2. The van der Waals surface area contributed by atoms with E-state index in [-0.39, 0.29) is 24.0 Å². The van der Waals surface area contributed by atoms with Gasteiger partial charge in [-0.1, -0.05) is 19.0 Å². The van der Waals surface area contributed by atoms with E-state index in [1.54, 1.807) is 18.4 Å². The summed E-state index contributed by atoms with van der Waals surface area (Å²) >= 11 is 1.69. The van der Waals surface area contributed by atoms with Gasteiger partial charge in [0.05, 0.1) is 17.9 Å². The minimum Gasteiger partial charge on any atom is -0.361 e. The predicted octanol–water partition coefficient (Wildman–Crippen LogP) is 3.79. The van der Waals surface area contributed by atoms with E-state index in [0.717, 1.165) is 47.5 Å². The highest BCUT2D eigenvalue weighted by Crippen LogP contribution is 2.17. The Balaban J connectivity index is 0.00000312. The molecule has 0 radical (unpaired) electrons. The summed E-state index contributed by atoms with van der Waals surface area (Å²) in [4.78, 5) is 8.88. The van der Waals surface area contributed by atoms with Gasteiger partial charge in [-0.25, -0.2) is 4.98 Å². The molecule has 0 aliphatic rings. The quantitative estimate of drug-likeness (QED) is 0.275. The van der Waals surface area contributed by atoms with Crippen molar-refractivity contribution in [2.45, 2.75) is 53.0 Å². The van der Waals surface area contributed by atoms with E-state index in [1.807, 2.05) is 13.8 Å². The van der Waals surface area contributed by atoms with Gasteiger partial charge in [0.1, 0.15) is 10.8 Å². The van der Waals surface area contributed by atoms with Gasteiger partial charge >= 0.3 is 0 Å². The van der Waals surface area contributed by atoms with Crippen LogP contribution in [0.1, 0.15) is 53.9 Å². The number of aliphatic imine (C=N–C) groups is 1. The average Bonchev–Trinajstić information content (AvgIpc) is 3.15. The molecule has 0 aromatic carbocycles. The third kappa shape index (κ3) is 6.58. The van der Waals surface area contributed by atoms with Crippen LogP contribution >= 0.6 is 35.3 Å². The highest BCUT2D eigenvalue weighted by Gasteiger charge is 2.09. The Bertz CT molecular complexity index is 661. The topological polar surface area (TPSA) is 75.3 Å². The normalized spacial score (nSPS) is 11.5. The van der Waals surface area contributed by atoms with Crippen LogP contribution in [-0.2, 0) is 13.0 Å². The first-order valence-corrected chi connectivity index (χ1v) is 9.19. The van der Waals surface area contributed by atoms with Crippen molar-refractivity contribution in [2.75, 3.05) is 13.6 Å². The molecule has 0 atom stereocenters. The zero-order valence-electron chi connectivity index (χ0n) is 15.5. The van der Waals surface area contributed by atoms with Gasteiger partial charge < -0.3 is 15.2 Å². The Morgan fingerprint density at radius 2 is 2.08 bits per heavy atom. The van der Waals surface area contributed by atoms with Crippen LogP contribution in [0.4, 0.5) is 0 Å². The van der Waals surface area contributed by atoms with Crippen molar-refractivity contribution in [2.24, 2.45) is 4.99 Å². The number of aryl methyl sites for hydroxylation is 2. The van der Waals surface area contributed by atoms with Gasteiger partial charge in [0.2, 0.25) is 0 Å². The summed E-state index contributed by atoms with van der Waals surface area (Å²) in [6, 6.07) is 0. The summed E-state index contributed by atoms with van der Waals surface area (Å²) < 4.78 is 5.19. The second-order valence-electron chi connectivity index (χ2n) is 6.08. The van der Waals surface area contributed by atoms with Crippen molar-refractivity contribution in [3.05, 3.63) is 33.1 Å². The standard InChI is InChI=1S/C17H27N5OS.HI/c1-11(2)15-10-24-16(21-15)9-20-17(18-5)19-8-6-7-14-12(3)22-23-13(14)4;/h10-11H,6-9H2,1-5H3,(H2,18,19,20);1H. The first kappa shape index (κ1) is 21.9. The average molecular weight is 477 g/mol. The van der Waals surface area contributed by atoms with E-state index in [1.165, 1.54) is 5.56 Å². The number of guanidine groups is 1. The van der Waals surface area contributed by atoms with Gasteiger partial charge in [-0.2, -0.15) is 0 Å². The smallest absolute Gasteiger partial charge is 0.191 e.